The highest BCUT2D eigenvalue weighted by Crippen LogP contribution is 2.34. The lowest BCUT2D eigenvalue weighted by Gasteiger charge is -2.06. The number of rotatable bonds is 2. The van der Waals surface area contributed by atoms with E-state index in [0.717, 1.165) is 15.2 Å². The third kappa shape index (κ3) is 2.34. The van der Waals surface area contributed by atoms with Crippen LogP contribution >= 0.6 is 38.6 Å². The van der Waals surface area contributed by atoms with Gasteiger partial charge in [-0.25, -0.2) is 4.98 Å². The largest absolute Gasteiger partial charge is 0.318 e. The van der Waals surface area contributed by atoms with Crippen molar-refractivity contribution in [1.29, 1.82) is 0 Å². The first kappa shape index (κ1) is 11.8. The van der Waals surface area contributed by atoms with Gasteiger partial charge in [0.25, 0.3) is 0 Å². The lowest BCUT2D eigenvalue weighted by molar-refractivity contribution is 0.679. The van der Waals surface area contributed by atoms with E-state index in [1.54, 1.807) is 22.7 Å². The zero-order valence-electron chi connectivity index (χ0n) is 9.28. The van der Waals surface area contributed by atoms with Crippen molar-refractivity contribution >= 4 is 38.6 Å². The highest BCUT2D eigenvalue weighted by Gasteiger charge is 2.20. The lowest BCUT2D eigenvalue weighted by atomic mass is 10.0. The van der Waals surface area contributed by atoms with E-state index in [-0.39, 0.29) is 6.04 Å². The molecule has 0 aromatic carbocycles. The summed E-state index contributed by atoms with van der Waals surface area (Å²) in [7, 11) is 0. The molecule has 1 aliphatic carbocycles. The number of thiazole rings is 1. The van der Waals surface area contributed by atoms with Crippen LogP contribution in [0.2, 0.25) is 0 Å². The number of nitrogens with two attached hydrogens (primary N) is 1. The van der Waals surface area contributed by atoms with Gasteiger partial charge in [-0.05, 0) is 53.7 Å². The molecule has 2 N–H and O–H groups in total. The molecule has 3 rings (SSSR count). The van der Waals surface area contributed by atoms with Crippen LogP contribution in [-0.2, 0) is 12.8 Å². The number of aryl methyl sites for hydroxylation is 2. The first-order valence-corrected chi connectivity index (χ1v) is 8.16. The maximum atomic E-state index is 6.28. The molecule has 0 fully saturated rings. The fourth-order valence-electron chi connectivity index (χ4n) is 2.12. The molecule has 0 aliphatic heterocycles. The number of halogens is 1. The van der Waals surface area contributed by atoms with Crippen LogP contribution in [0, 0.1) is 0 Å². The standard InChI is InChI=1S/C12H13BrN2S2/c13-10-6-5-9(16-10)11(14)12-15-7-3-1-2-4-8(7)17-12/h5-6,11H,1-4,14H2. The first-order valence-electron chi connectivity index (χ1n) is 5.73. The predicted octanol–water partition coefficient (Wildman–Crippen LogP) is 3.89. The van der Waals surface area contributed by atoms with Crippen LogP contribution in [0.4, 0.5) is 0 Å². The molecule has 1 atom stereocenters. The van der Waals surface area contributed by atoms with Gasteiger partial charge in [0.15, 0.2) is 0 Å². The third-order valence-electron chi connectivity index (χ3n) is 3.03. The zero-order valence-corrected chi connectivity index (χ0v) is 12.5. The summed E-state index contributed by atoms with van der Waals surface area (Å²) in [5.41, 5.74) is 7.57. The Morgan fingerprint density at radius 3 is 2.76 bits per heavy atom. The minimum atomic E-state index is -0.0538. The van der Waals surface area contributed by atoms with Gasteiger partial charge < -0.3 is 5.73 Å². The Bertz CT molecular complexity index is 509. The number of nitrogens with zero attached hydrogens (tertiary/aromatic N) is 1. The molecule has 5 heteroatoms. The van der Waals surface area contributed by atoms with Gasteiger partial charge in [-0.1, -0.05) is 0 Å². The van der Waals surface area contributed by atoms with Crippen LogP contribution in [0.3, 0.4) is 0 Å². The molecule has 0 bridgehead atoms. The monoisotopic (exact) mass is 328 g/mol. The molecule has 2 aromatic rings. The van der Waals surface area contributed by atoms with Crippen LogP contribution in [0.15, 0.2) is 15.9 Å². The molecule has 17 heavy (non-hydrogen) atoms. The fourth-order valence-corrected chi connectivity index (χ4v) is 4.80. The molecular formula is C12H13BrN2S2. The molecule has 0 saturated carbocycles. The van der Waals surface area contributed by atoms with Gasteiger partial charge in [0.1, 0.15) is 5.01 Å². The Morgan fingerprint density at radius 1 is 1.24 bits per heavy atom. The molecule has 90 valence electrons. The normalized spacial score (nSPS) is 16.8. The summed E-state index contributed by atoms with van der Waals surface area (Å²) in [5.74, 6) is 0. The van der Waals surface area contributed by atoms with Gasteiger partial charge in [-0.15, -0.1) is 22.7 Å². The Morgan fingerprint density at radius 2 is 2.06 bits per heavy atom. The first-order chi connectivity index (χ1) is 8.24. The molecule has 1 aliphatic rings. The van der Waals surface area contributed by atoms with Crippen molar-refractivity contribution in [3.8, 4) is 0 Å². The van der Waals surface area contributed by atoms with Gasteiger partial charge in [0.05, 0.1) is 15.5 Å². The quantitative estimate of drug-likeness (QED) is 0.908. The Hall–Kier alpha value is -0.230. The average Bonchev–Trinajstić information content (AvgIpc) is 2.93. The van der Waals surface area contributed by atoms with Crippen molar-refractivity contribution in [3.63, 3.8) is 0 Å². The zero-order chi connectivity index (χ0) is 11.8. The summed E-state index contributed by atoms with van der Waals surface area (Å²) >= 11 is 6.97. The molecule has 2 aromatic heterocycles. The van der Waals surface area contributed by atoms with Crippen LogP contribution in [0.25, 0.3) is 0 Å². The number of hydrogen-bond donors (Lipinski definition) is 1. The number of aromatic nitrogens is 1. The molecule has 2 heterocycles. The van der Waals surface area contributed by atoms with Crippen molar-refractivity contribution in [3.05, 3.63) is 36.4 Å². The molecule has 0 spiro atoms. The SMILES string of the molecule is NC(c1ccc(Br)s1)c1nc2c(s1)CCCC2. The second kappa shape index (κ2) is 4.80. The predicted molar refractivity (Wildman–Crippen MR) is 76.8 cm³/mol. The van der Waals surface area contributed by atoms with Gasteiger partial charge in [-0.3, -0.25) is 0 Å². The topological polar surface area (TPSA) is 38.9 Å². The Kier molecular flexibility index (Phi) is 3.34. The molecule has 0 saturated heterocycles. The van der Waals surface area contributed by atoms with Crippen LogP contribution in [0.5, 0.6) is 0 Å². The lowest BCUT2D eigenvalue weighted by Crippen LogP contribution is -2.09. The van der Waals surface area contributed by atoms with Gasteiger partial charge >= 0.3 is 0 Å². The van der Waals surface area contributed by atoms with Crippen LogP contribution < -0.4 is 5.73 Å². The second-order valence-electron chi connectivity index (χ2n) is 4.25. The molecule has 0 radical (unpaired) electrons. The molecular weight excluding hydrogens is 316 g/mol. The minimum absolute atomic E-state index is 0.0538. The van der Waals surface area contributed by atoms with Crippen molar-refractivity contribution < 1.29 is 0 Å². The van der Waals surface area contributed by atoms with E-state index in [2.05, 4.69) is 22.0 Å². The van der Waals surface area contributed by atoms with E-state index in [0.29, 0.717) is 0 Å². The third-order valence-corrected chi connectivity index (χ3v) is 5.98. The van der Waals surface area contributed by atoms with Gasteiger partial charge in [-0.2, -0.15) is 0 Å². The average molecular weight is 329 g/mol. The summed E-state index contributed by atoms with van der Waals surface area (Å²) in [6.45, 7) is 0. The molecule has 0 amide bonds. The number of hydrogen-bond acceptors (Lipinski definition) is 4. The van der Waals surface area contributed by atoms with E-state index in [9.17, 15) is 0 Å². The van der Waals surface area contributed by atoms with Crippen molar-refractivity contribution in [2.24, 2.45) is 5.73 Å². The van der Waals surface area contributed by atoms with E-state index in [1.807, 2.05) is 6.07 Å². The second-order valence-corrected chi connectivity index (χ2v) is 7.86. The van der Waals surface area contributed by atoms with Gasteiger partial charge in [0.2, 0.25) is 0 Å². The smallest absolute Gasteiger partial charge is 0.115 e. The summed E-state index contributed by atoms with van der Waals surface area (Å²) in [4.78, 5) is 7.36. The van der Waals surface area contributed by atoms with E-state index in [1.165, 1.54) is 34.7 Å². The van der Waals surface area contributed by atoms with Crippen molar-refractivity contribution in [1.82, 2.24) is 4.98 Å². The van der Waals surface area contributed by atoms with Crippen molar-refractivity contribution in [2.75, 3.05) is 0 Å². The fraction of sp³-hybridized carbons (Fsp3) is 0.417. The van der Waals surface area contributed by atoms with Crippen LogP contribution in [-0.4, -0.2) is 4.98 Å². The summed E-state index contributed by atoms with van der Waals surface area (Å²) < 4.78 is 1.13. The number of fused-ring (bicyclic) bond motifs is 1. The highest BCUT2D eigenvalue weighted by molar-refractivity contribution is 9.11. The Labute approximate surface area is 117 Å². The Balaban J connectivity index is 1.91. The highest BCUT2D eigenvalue weighted by atomic mass is 79.9. The summed E-state index contributed by atoms with van der Waals surface area (Å²) in [6.07, 6.45) is 4.89. The maximum absolute atomic E-state index is 6.28. The molecule has 2 nitrogen and oxygen atoms in total. The van der Waals surface area contributed by atoms with E-state index < -0.39 is 0 Å². The van der Waals surface area contributed by atoms with Crippen LogP contribution in [0.1, 0.15) is 39.3 Å². The minimum Gasteiger partial charge on any atom is -0.318 e. The van der Waals surface area contributed by atoms with Gasteiger partial charge in [0, 0.05) is 9.75 Å². The maximum Gasteiger partial charge on any atom is 0.115 e. The summed E-state index contributed by atoms with van der Waals surface area (Å²) in [5, 5.41) is 1.08. The molecule has 1 unspecified atom stereocenters. The summed E-state index contributed by atoms with van der Waals surface area (Å²) in [6, 6.07) is 4.08. The van der Waals surface area contributed by atoms with E-state index >= 15 is 0 Å². The van der Waals surface area contributed by atoms with E-state index in [4.69, 9.17) is 10.7 Å². The number of thiophene rings is 1. The van der Waals surface area contributed by atoms with Crippen molar-refractivity contribution in [2.45, 2.75) is 31.7 Å².